The van der Waals surface area contributed by atoms with Crippen LogP contribution in [-0.4, -0.2) is 70.2 Å². The molecular weight excluding hydrogens is 532 g/mol. The molecule has 11 heteroatoms. The van der Waals surface area contributed by atoms with Crippen molar-refractivity contribution in [2.75, 3.05) is 0 Å². The Morgan fingerprint density at radius 1 is 1.15 bits per heavy atom. The van der Waals surface area contributed by atoms with Crippen LogP contribution in [0.3, 0.4) is 0 Å². The van der Waals surface area contributed by atoms with Crippen molar-refractivity contribution in [3.8, 4) is 0 Å². The summed E-state index contributed by atoms with van der Waals surface area (Å²) in [5.74, 6) is -6.36. The molecule has 2 fully saturated rings. The van der Waals surface area contributed by atoms with Crippen molar-refractivity contribution in [1.29, 1.82) is 0 Å². The van der Waals surface area contributed by atoms with E-state index in [1.807, 2.05) is 0 Å². The number of hydrogen-bond donors (Lipinski definition) is 1. The summed E-state index contributed by atoms with van der Waals surface area (Å²) in [6.45, 7) is 12.8. The zero-order valence-corrected chi connectivity index (χ0v) is 23.9. The Morgan fingerprint density at radius 3 is 2.33 bits per heavy atom. The van der Waals surface area contributed by atoms with Crippen molar-refractivity contribution >= 4 is 41.3 Å². The van der Waals surface area contributed by atoms with Gasteiger partial charge in [0.15, 0.2) is 11.7 Å². The Kier molecular flexibility index (Phi) is 9.02. The molecule has 2 aliphatic carbocycles. The van der Waals surface area contributed by atoms with Crippen LogP contribution in [0.5, 0.6) is 0 Å². The van der Waals surface area contributed by atoms with Crippen LogP contribution in [0.4, 0.5) is 0 Å². The van der Waals surface area contributed by atoms with Gasteiger partial charge in [-0.3, -0.25) is 24.0 Å². The third-order valence-corrected chi connectivity index (χ3v) is 8.91. The summed E-state index contributed by atoms with van der Waals surface area (Å²) in [6.07, 6.45) is -1.84. The molecule has 0 radical (unpaired) electrons. The van der Waals surface area contributed by atoms with Crippen LogP contribution in [0.15, 0.2) is 24.3 Å². The van der Waals surface area contributed by atoms with E-state index in [0.29, 0.717) is 6.42 Å². The Hall–Kier alpha value is -2.72. The molecule has 0 aromatic carbocycles. The van der Waals surface area contributed by atoms with E-state index < -0.39 is 82.4 Å². The number of carbonyl (C=O) groups excluding carboxylic acids is 5. The van der Waals surface area contributed by atoms with Crippen LogP contribution >= 0.6 is 11.6 Å². The number of carbonyl (C=O) groups is 5. The largest absolute Gasteiger partial charge is 0.461 e. The predicted molar refractivity (Wildman–Crippen MR) is 138 cm³/mol. The van der Waals surface area contributed by atoms with Crippen molar-refractivity contribution < 1.29 is 48.0 Å². The van der Waals surface area contributed by atoms with Crippen molar-refractivity contribution in [2.45, 2.75) is 96.2 Å². The molecule has 0 bridgehead atoms. The van der Waals surface area contributed by atoms with Gasteiger partial charge in [-0.05, 0) is 25.0 Å². The van der Waals surface area contributed by atoms with E-state index in [2.05, 4.69) is 6.58 Å². The van der Waals surface area contributed by atoms with Crippen LogP contribution in [0.25, 0.3) is 0 Å². The van der Waals surface area contributed by atoms with E-state index in [9.17, 15) is 29.1 Å². The maximum Gasteiger partial charge on any atom is 0.312 e. The molecule has 1 saturated carbocycles. The summed E-state index contributed by atoms with van der Waals surface area (Å²) in [7, 11) is 0. The molecule has 10 unspecified atom stereocenters. The van der Waals surface area contributed by atoms with E-state index in [1.54, 1.807) is 20.8 Å². The second-order valence-electron chi connectivity index (χ2n) is 10.9. The molecule has 39 heavy (non-hydrogen) atoms. The number of fused-ring (bicyclic) bond motifs is 2. The molecular formula is C28H37ClO10. The predicted octanol–water partition coefficient (Wildman–Crippen LogP) is 2.82. The molecule has 10 nitrogen and oxygen atoms in total. The lowest BCUT2D eigenvalue weighted by Gasteiger charge is -2.56. The highest BCUT2D eigenvalue weighted by atomic mass is 35.5. The molecule has 3 rings (SSSR count). The third-order valence-electron chi connectivity index (χ3n) is 8.41. The van der Waals surface area contributed by atoms with Gasteiger partial charge in [0.25, 0.3) is 0 Å². The van der Waals surface area contributed by atoms with Crippen molar-refractivity contribution in [3.63, 3.8) is 0 Å². The monoisotopic (exact) mass is 568 g/mol. The highest BCUT2D eigenvalue weighted by Crippen LogP contribution is 2.56. The summed E-state index contributed by atoms with van der Waals surface area (Å²) < 4.78 is 22.9. The smallest absolute Gasteiger partial charge is 0.312 e. The van der Waals surface area contributed by atoms with Crippen LogP contribution in [-0.2, 0) is 42.9 Å². The number of Topliss-reactive ketones (excluding diaryl/α,β-unsaturated/α-hetero) is 1. The number of allylic oxidation sites excluding steroid dienone is 1. The van der Waals surface area contributed by atoms with E-state index in [-0.39, 0.29) is 24.2 Å². The Labute approximate surface area is 233 Å². The highest BCUT2D eigenvalue weighted by Gasteiger charge is 2.70. The second-order valence-corrected chi connectivity index (χ2v) is 11.4. The number of ketones is 1. The van der Waals surface area contributed by atoms with Gasteiger partial charge in [0.2, 0.25) is 0 Å². The molecule has 216 valence electrons. The van der Waals surface area contributed by atoms with Crippen LogP contribution in [0, 0.1) is 23.2 Å². The molecule has 1 heterocycles. The summed E-state index contributed by atoms with van der Waals surface area (Å²) in [4.78, 5) is 63.9. The summed E-state index contributed by atoms with van der Waals surface area (Å²) >= 11 is 6.68. The van der Waals surface area contributed by atoms with Gasteiger partial charge >= 0.3 is 23.9 Å². The van der Waals surface area contributed by atoms with Gasteiger partial charge in [-0.2, -0.15) is 0 Å². The van der Waals surface area contributed by atoms with Crippen molar-refractivity contribution in [3.05, 3.63) is 24.3 Å². The number of esters is 4. The molecule has 10 atom stereocenters. The van der Waals surface area contributed by atoms with E-state index in [1.165, 1.54) is 26.0 Å². The molecule has 0 aromatic heterocycles. The molecule has 0 aromatic rings. The van der Waals surface area contributed by atoms with Gasteiger partial charge in [0.1, 0.15) is 24.1 Å². The first-order chi connectivity index (χ1) is 18.1. The zero-order valence-electron chi connectivity index (χ0n) is 23.1. The maximum absolute atomic E-state index is 13.4. The van der Waals surface area contributed by atoms with Gasteiger partial charge < -0.3 is 24.1 Å². The number of alkyl halides is 1. The Morgan fingerprint density at radius 2 is 1.77 bits per heavy atom. The quantitative estimate of drug-likeness (QED) is 0.299. The van der Waals surface area contributed by atoms with E-state index in [4.69, 9.17) is 30.5 Å². The molecule has 1 N–H and O–H groups in total. The topological polar surface area (TPSA) is 142 Å². The lowest BCUT2D eigenvalue weighted by atomic mass is 9.53. The van der Waals surface area contributed by atoms with Gasteiger partial charge in [0.05, 0.1) is 16.7 Å². The molecule has 0 amide bonds. The van der Waals surface area contributed by atoms with Crippen molar-refractivity contribution in [2.24, 2.45) is 23.2 Å². The number of hydrogen-bond acceptors (Lipinski definition) is 10. The van der Waals surface area contributed by atoms with Crippen LogP contribution in [0.1, 0.15) is 60.8 Å². The van der Waals surface area contributed by atoms with Crippen LogP contribution in [0.2, 0.25) is 0 Å². The first-order valence-corrected chi connectivity index (χ1v) is 13.5. The molecule has 0 spiro atoms. The number of halogens is 1. The fourth-order valence-electron chi connectivity index (χ4n) is 6.24. The maximum atomic E-state index is 13.4. The summed E-state index contributed by atoms with van der Waals surface area (Å²) in [5.41, 5.74) is -3.42. The highest BCUT2D eigenvalue weighted by molar-refractivity contribution is 6.23. The minimum Gasteiger partial charge on any atom is -0.461 e. The molecule has 1 saturated heterocycles. The third kappa shape index (κ3) is 5.37. The van der Waals surface area contributed by atoms with Crippen molar-refractivity contribution in [1.82, 2.24) is 0 Å². The first kappa shape index (κ1) is 30.8. The normalized spacial score (nSPS) is 41.0. The Bertz CT molecular complexity index is 1080. The number of aliphatic hydroxyl groups is 1. The van der Waals surface area contributed by atoms with E-state index >= 15 is 0 Å². The van der Waals surface area contributed by atoms with Gasteiger partial charge in [0, 0.05) is 38.5 Å². The van der Waals surface area contributed by atoms with Gasteiger partial charge in [-0.15, -0.1) is 11.6 Å². The lowest BCUT2D eigenvalue weighted by molar-refractivity contribution is -0.232. The molecule has 1 aliphatic heterocycles. The summed E-state index contributed by atoms with van der Waals surface area (Å²) in [6, 6.07) is 0. The lowest BCUT2D eigenvalue weighted by Crippen LogP contribution is -2.69. The van der Waals surface area contributed by atoms with Crippen LogP contribution < -0.4 is 0 Å². The average Bonchev–Trinajstić information content (AvgIpc) is 3.07. The zero-order chi connectivity index (χ0) is 29.4. The standard InChI is InChI=1S/C28H37ClO10/c1-8-9-21(33)38-20-12-18(32)14(3)22-24(37-17(6)31)28(35)15(4)26(34)39-25(28)23(29)13(2)10-11-19(27(20,22)7)36-16(5)30/h10-11,14-15,19-20,22-25,35H,2,8-9,12H2,1,3-7H3/b11-10+. The number of rotatable bonds is 5. The fraction of sp³-hybridized carbons (Fsp3) is 0.679. The Balaban J connectivity index is 2.39. The average molecular weight is 569 g/mol. The second kappa shape index (κ2) is 11.4. The van der Waals surface area contributed by atoms with E-state index in [0.717, 1.165) is 6.92 Å². The van der Waals surface area contributed by atoms with Gasteiger partial charge in [-0.1, -0.05) is 33.4 Å². The summed E-state index contributed by atoms with van der Waals surface area (Å²) in [5, 5.41) is 11.2. The molecule has 3 aliphatic rings. The SMILES string of the molecule is C=C1/C=C/C(OC(C)=O)C2(C)C(OC(=O)CCC)CC(=O)C(C)C2C(OC(C)=O)C2(O)C(C)C(=O)OC2C1Cl. The van der Waals surface area contributed by atoms with Gasteiger partial charge in [-0.25, -0.2) is 0 Å². The fourth-order valence-corrected chi connectivity index (χ4v) is 6.56. The minimum atomic E-state index is -2.22. The number of ether oxygens (including phenoxy) is 4. The first-order valence-electron chi connectivity index (χ1n) is 13.1. The minimum absolute atomic E-state index is 0.0819.